The predicted octanol–water partition coefficient (Wildman–Crippen LogP) is 1.65. The van der Waals surface area contributed by atoms with E-state index in [9.17, 15) is 22.3 Å². The summed E-state index contributed by atoms with van der Waals surface area (Å²) in [5.41, 5.74) is 0. The normalized spacial score (nSPS) is 12.1. The largest absolute Gasteiger partial charge is 0.504 e. The molecule has 102 valence electrons. The van der Waals surface area contributed by atoms with Gasteiger partial charge in [0.1, 0.15) is 10.7 Å². The molecule has 0 unspecified atom stereocenters. The Morgan fingerprint density at radius 2 is 2.00 bits per heavy atom. The van der Waals surface area contributed by atoms with Crippen molar-refractivity contribution in [2.45, 2.75) is 4.90 Å². The van der Waals surface area contributed by atoms with Gasteiger partial charge in [-0.05, 0) is 12.3 Å². The number of nitrogens with zero attached hydrogens (tertiary/aromatic N) is 1. The Hall–Kier alpha value is -0.860. The molecule has 0 amide bonds. The molecule has 0 saturated carbocycles. The summed E-state index contributed by atoms with van der Waals surface area (Å²) < 4.78 is 51.0. The van der Waals surface area contributed by atoms with Gasteiger partial charge in [0.15, 0.2) is 11.6 Å². The summed E-state index contributed by atoms with van der Waals surface area (Å²) in [5.74, 6) is -2.88. The number of rotatable bonds is 5. The zero-order valence-corrected chi connectivity index (χ0v) is 11.5. The summed E-state index contributed by atoms with van der Waals surface area (Å²) in [4.78, 5) is -0.761. The first-order valence-corrected chi connectivity index (χ1v) is 7.77. The van der Waals surface area contributed by atoms with E-state index in [-0.39, 0.29) is 6.54 Å². The van der Waals surface area contributed by atoms with Crippen molar-refractivity contribution < 1.29 is 22.3 Å². The maximum Gasteiger partial charge on any atom is 0.246 e. The van der Waals surface area contributed by atoms with Crippen LogP contribution in [0.1, 0.15) is 0 Å². The van der Waals surface area contributed by atoms with Crippen molar-refractivity contribution in [3.63, 3.8) is 0 Å². The molecule has 1 rings (SSSR count). The van der Waals surface area contributed by atoms with E-state index in [1.54, 1.807) is 6.26 Å². The molecule has 0 aliphatic rings. The number of benzene rings is 1. The first-order valence-electron chi connectivity index (χ1n) is 4.94. The molecule has 18 heavy (non-hydrogen) atoms. The molecule has 0 heterocycles. The second-order valence-corrected chi connectivity index (χ2v) is 6.55. The number of halogens is 2. The number of thioether (sulfide) groups is 1. The fourth-order valence-corrected chi connectivity index (χ4v) is 3.09. The van der Waals surface area contributed by atoms with Crippen molar-refractivity contribution in [1.82, 2.24) is 4.31 Å². The molecular weight excluding hydrogens is 284 g/mol. The van der Waals surface area contributed by atoms with Crippen LogP contribution in [0.5, 0.6) is 5.75 Å². The van der Waals surface area contributed by atoms with Gasteiger partial charge in [-0.2, -0.15) is 16.1 Å². The van der Waals surface area contributed by atoms with Crippen molar-refractivity contribution in [3.05, 3.63) is 23.8 Å². The molecule has 0 aliphatic carbocycles. The van der Waals surface area contributed by atoms with Gasteiger partial charge in [0.2, 0.25) is 10.0 Å². The van der Waals surface area contributed by atoms with Crippen LogP contribution < -0.4 is 0 Å². The van der Waals surface area contributed by atoms with Crippen LogP contribution in [0.2, 0.25) is 0 Å². The van der Waals surface area contributed by atoms with Crippen LogP contribution in [-0.2, 0) is 10.0 Å². The molecule has 1 aromatic carbocycles. The highest BCUT2D eigenvalue weighted by Gasteiger charge is 2.26. The summed E-state index contributed by atoms with van der Waals surface area (Å²) >= 11 is 1.43. The van der Waals surface area contributed by atoms with Gasteiger partial charge in [-0.15, -0.1) is 0 Å². The topological polar surface area (TPSA) is 57.6 Å². The van der Waals surface area contributed by atoms with Crippen molar-refractivity contribution >= 4 is 21.8 Å². The lowest BCUT2D eigenvalue weighted by molar-refractivity contribution is 0.406. The van der Waals surface area contributed by atoms with E-state index in [1.807, 2.05) is 0 Å². The fourth-order valence-electron chi connectivity index (χ4n) is 1.25. The van der Waals surface area contributed by atoms with E-state index in [0.717, 1.165) is 4.31 Å². The third kappa shape index (κ3) is 3.12. The average molecular weight is 297 g/mol. The minimum absolute atomic E-state index is 0.182. The van der Waals surface area contributed by atoms with Crippen LogP contribution in [-0.4, -0.2) is 43.4 Å². The van der Waals surface area contributed by atoms with E-state index in [0.29, 0.717) is 17.9 Å². The van der Waals surface area contributed by atoms with E-state index in [2.05, 4.69) is 0 Å². The molecule has 4 nitrogen and oxygen atoms in total. The van der Waals surface area contributed by atoms with Gasteiger partial charge >= 0.3 is 0 Å². The minimum Gasteiger partial charge on any atom is -0.504 e. The van der Waals surface area contributed by atoms with E-state index >= 15 is 0 Å². The first-order chi connectivity index (χ1) is 8.30. The Morgan fingerprint density at radius 3 is 2.56 bits per heavy atom. The third-order valence-electron chi connectivity index (χ3n) is 2.29. The number of sulfonamides is 1. The van der Waals surface area contributed by atoms with Crippen molar-refractivity contribution in [1.29, 1.82) is 0 Å². The van der Waals surface area contributed by atoms with Gasteiger partial charge in [-0.3, -0.25) is 0 Å². The number of aromatic hydroxyl groups is 1. The molecule has 0 spiro atoms. The molecule has 0 atom stereocenters. The zero-order valence-electron chi connectivity index (χ0n) is 9.85. The number of hydrogen-bond donors (Lipinski definition) is 1. The summed E-state index contributed by atoms with van der Waals surface area (Å²) in [6.45, 7) is 0.182. The quantitative estimate of drug-likeness (QED) is 0.898. The monoisotopic (exact) mass is 297 g/mol. The lowest BCUT2D eigenvalue weighted by Crippen LogP contribution is -2.29. The van der Waals surface area contributed by atoms with Gasteiger partial charge in [0.05, 0.1) is 0 Å². The van der Waals surface area contributed by atoms with Crippen LogP contribution in [0.25, 0.3) is 0 Å². The van der Waals surface area contributed by atoms with Gasteiger partial charge in [-0.25, -0.2) is 17.2 Å². The van der Waals surface area contributed by atoms with Crippen molar-refractivity contribution in [2.75, 3.05) is 25.6 Å². The summed E-state index contributed by atoms with van der Waals surface area (Å²) in [6.07, 6.45) is 1.81. The average Bonchev–Trinajstić information content (AvgIpc) is 2.30. The smallest absolute Gasteiger partial charge is 0.246 e. The van der Waals surface area contributed by atoms with Gasteiger partial charge < -0.3 is 5.11 Å². The van der Waals surface area contributed by atoms with Crippen LogP contribution in [0.15, 0.2) is 17.0 Å². The summed E-state index contributed by atoms with van der Waals surface area (Å²) in [6, 6.07) is 1.03. The maximum absolute atomic E-state index is 13.1. The van der Waals surface area contributed by atoms with Crippen LogP contribution in [0.3, 0.4) is 0 Å². The lowest BCUT2D eigenvalue weighted by atomic mass is 10.3. The van der Waals surface area contributed by atoms with E-state index in [1.165, 1.54) is 18.8 Å². The molecule has 1 N–H and O–H groups in total. The highest BCUT2D eigenvalue weighted by molar-refractivity contribution is 7.98. The molecule has 0 aromatic heterocycles. The zero-order chi connectivity index (χ0) is 13.9. The number of phenolic OH excluding ortho intramolecular Hbond substituents is 1. The van der Waals surface area contributed by atoms with E-state index in [4.69, 9.17) is 0 Å². The maximum atomic E-state index is 13.1. The van der Waals surface area contributed by atoms with Crippen LogP contribution in [0.4, 0.5) is 8.78 Å². The molecule has 8 heteroatoms. The number of hydrogen-bond acceptors (Lipinski definition) is 4. The second kappa shape index (κ2) is 5.85. The highest BCUT2D eigenvalue weighted by Crippen LogP contribution is 2.28. The third-order valence-corrected chi connectivity index (χ3v) is 4.75. The Labute approximate surface area is 109 Å². The van der Waals surface area contributed by atoms with Crippen LogP contribution >= 0.6 is 11.8 Å². The molecule has 0 aliphatic heterocycles. The van der Waals surface area contributed by atoms with Gasteiger partial charge in [0.25, 0.3) is 0 Å². The minimum atomic E-state index is -4.10. The Bertz CT molecular complexity index is 534. The summed E-state index contributed by atoms with van der Waals surface area (Å²) in [5, 5.41) is 9.38. The summed E-state index contributed by atoms with van der Waals surface area (Å²) in [7, 11) is -2.81. The Balaban J connectivity index is 3.20. The molecule has 0 bridgehead atoms. The molecular formula is C10H13F2NO3S2. The molecule has 0 saturated heterocycles. The lowest BCUT2D eigenvalue weighted by Gasteiger charge is -2.17. The predicted molar refractivity (Wildman–Crippen MR) is 66.2 cm³/mol. The Kier molecular flexibility index (Phi) is 4.94. The van der Waals surface area contributed by atoms with E-state index < -0.39 is 32.3 Å². The standard InChI is InChI=1S/C10H13F2NO3S2/c1-13(3-4-17-2)18(15,16)9-6-7(11)5-8(12)10(9)14/h5-6,14H,3-4H2,1-2H3. The second-order valence-electron chi connectivity index (χ2n) is 3.55. The molecule has 1 aromatic rings. The molecule has 0 fully saturated rings. The van der Waals surface area contributed by atoms with Gasteiger partial charge in [-0.1, -0.05) is 0 Å². The highest BCUT2D eigenvalue weighted by atomic mass is 32.2. The number of phenols is 1. The van der Waals surface area contributed by atoms with Crippen molar-refractivity contribution in [2.24, 2.45) is 0 Å². The van der Waals surface area contributed by atoms with Gasteiger partial charge in [0, 0.05) is 25.4 Å². The SMILES string of the molecule is CSCCN(C)S(=O)(=O)c1cc(F)cc(F)c1O. The fraction of sp³-hybridized carbons (Fsp3) is 0.400. The van der Waals surface area contributed by atoms with Crippen LogP contribution in [0, 0.1) is 11.6 Å². The molecule has 0 radical (unpaired) electrons. The first kappa shape index (κ1) is 15.2. The van der Waals surface area contributed by atoms with Crippen molar-refractivity contribution in [3.8, 4) is 5.75 Å². The Morgan fingerprint density at radius 1 is 1.39 bits per heavy atom.